The third-order valence-corrected chi connectivity index (χ3v) is 5.30. The zero-order chi connectivity index (χ0) is 12.6. The van der Waals surface area contributed by atoms with Gasteiger partial charge in [0.25, 0.3) is 0 Å². The lowest BCUT2D eigenvalue weighted by molar-refractivity contribution is 0.476. The largest absolute Gasteiger partial charge is 0.316 e. The molecule has 0 aromatic carbocycles. The smallest absolute Gasteiger partial charge is 0.212 e. The first-order valence-electron chi connectivity index (χ1n) is 6.40. The van der Waals surface area contributed by atoms with Crippen molar-refractivity contribution in [2.24, 2.45) is 5.92 Å². The molecule has 1 saturated heterocycles. The van der Waals surface area contributed by atoms with E-state index in [2.05, 4.69) is 17.0 Å². The fourth-order valence-corrected chi connectivity index (χ4v) is 4.03. The van der Waals surface area contributed by atoms with Crippen LogP contribution in [0.15, 0.2) is 0 Å². The number of thioether (sulfide) groups is 1. The van der Waals surface area contributed by atoms with Crippen LogP contribution in [0.2, 0.25) is 0 Å². The Morgan fingerprint density at radius 3 is 2.59 bits per heavy atom. The maximum absolute atomic E-state index is 11.7. The minimum Gasteiger partial charge on any atom is -0.316 e. The van der Waals surface area contributed by atoms with Crippen LogP contribution in [-0.2, 0) is 10.0 Å². The maximum atomic E-state index is 11.7. The molecular formula is C11H24N2O2S2. The van der Waals surface area contributed by atoms with Crippen LogP contribution in [0.1, 0.15) is 26.2 Å². The molecule has 2 N–H and O–H groups in total. The van der Waals surface area contributed by atoms with Gasteiger partial charge in [0.2, 0.25) is 10.0 Å². The highest BCUT2D eigenvalue weighted by molar-refractivity contribution is 7.99. The molecule has 0 amide bonds. The first-order valence-corrected chi connectivity index (χ1v) is 9.20. The van der Waals surface area contributed by atoms with Crippen LogP contribution >= 0.6 is 11.8 Å². The van der Waals surface area contributed by atoms with Gasteiger partial charge in [0.05, 0.1) is 5.75 Å². The number of hydrogen-bond acceptors (Lipinski definition) is 4. The standard InChI is InChI=1S/C11H24N2O2S2/c1-2-5-12-6-9-17(14,15)13-10-11-3-7-16-8-4-11/h11-13H,2-10H2,1H3. The molecule has 0 saturated carbocycles. The maximum Gasteiger partial charge on any atom is 0.212 e. The fraction of sp³-hybridized carbons (Fsp3) is 1.00. The number of nitrogens with one attached hydrogen (secondary N) is 2. The molecular weight excluding hydrogens is 256 g/mol. The van der Waals surface area contributed by atoms with Gasteiger partial charge in [-0.15, -0.1) is 0 Å². The molecule has 1 fully saturated rings. The Morgan fingerprint density at radius 1 is 1.24 bits per heavy atom. The van der Waals surface area contributed by atoms with E-state index < -0.39 is 10.0 Å². The Balaban J connectivity index is 2.14. The molecule has 0 atom stereocenters. The molecule has 0 aromatic heterocycles. The number of sulfonamides is 1. The molecule has 0 radical (unpaired) electrons. The number of hydrogen-bond donors (Lipinski definition) is 2. The summed E-state index contributed by atoms with van der Waals surface area (Å²) in [5.41, 5.74) is 0. The summed E-state index contributed by atoms with van der Waals surface area (Å²) in [7, 11) is -3.08. The molecule has 102 valence electrons. The van der Waals surface area contributed by atoms with Gasteiger partial charge in [-0.1, -0.05) is 6.92 Å². The molecule has 17 heavy (non-hydrogen) atoms. The number of rotatable bonds is 8. The van der Waals surface area contributed by atoms with Crippen molar-refractivity contribution in [3.63, 3.8) is 0 Å². The van der Waals surface area contributed by atoms with Crippen LogP contribution < -0.4 is 10.0 Å². The Bertz CT molecular complexity index is 288. The molecule has 1 aliphatic rings. The van der Waals surface area contributed by atoms with Gasteiger partial charge in [-0.05, 0) is 43.2 Å². The van der Waals surface area contributed by atoms with Crippen molar-refractivity contribution < 1.29 is 8.42 Å². The molecule has 6 heteroatoms. The molecule has 0 bridgehead atoms. The summed E-state index contributed by atoms with van der Waals surface area (Å²) in [6.45, 7) is 4.12. The van der Waals surface area contributed by atoms with Gasteiger partial charge in [-0.2, -0.15) is 11.8 Å². The van der Waals surface area contributed by atoms with Crippen molar-refractivity contribution in [1.82, 2.24) is 10.0 Å². The second-order valence-corrected chi connectivity index (χ2v) is 7.62. The van der Waals surface area contributed by atoms with E-state index in [1.807, 2.05) is 11.8 Å². The quantitative estimate of drug-likeness (QED) is 0.653. The summed E-state index contributed by atoms with van der Waals surface area (Å²) >= 11 is 1.96. The van der Waals surface area contributed by atoms with Crippen LogP contribution in [0.5, 0.6) is 0 Å². The minimum atomic E-state index is -3.08. The lowest BCUT2D eigenvalue weighted by atomic mass is 10.0. The zero-order valence-electron chi connectivity index (χ0n) is 10.6. The van der Waals surface area contributed by atoms with Gasteiger partial charge in [0.15, 0.2) is 0 Å². The van der Waals surface area contributed by atoms with Crippen molar-refractivity contribution in [2.45, 2.75) is 26.2 Å². The van der Waals surface area contributed by atoms with Gasteiger partial charge in [-0.25, -0.2) is 13.1 Å². The normalized spacial score (nSPS) is 18.4. The summed E-state index contributed by atoms with van der Waals surface area (Å²) in [5, 5.41) is 3.11. The summed E-state index contributed by atoms with van der Waals surface area (Å²) in [6, 6.07) is 0. The van der Waals surface area contributed by atoms with E-state index in [4.69, 9.17) is 0 Å². The SMILES string of the molecule is CCCNCCS(=O)(=O)NCC1CCSCC1. The molecule has 4 nitrogen and oxygen atoms in total. The molecule has 0 aromatic rings. The van der Waals surface area contributed by atoms with Crippen LogP contribution in [0.4, 0.5) is 0 Å². The predicted molar refractivity (Wildman–Crippen MR) is 75.0 cm³/mol. The first kappa shape index (κ1) is 15.3. The second kappa shape index (κ2) is 8.34. The van der Waals surface area contributed by atoms with E-state index in [-0.39, 0.29) is 5.75 Å². The van der Waals surface area contributed by atoms with Crippen molar-refractivity contribution in [3.8, 4) is 0 Å². The summed E-state index contributed by atoms with van der Waals surface area (Å²) in [4.78, 5) is 0. The van der Waals surface area contributed by atoms with Gasteiger partial charge in [0, 0.05) is 13.1 Å². The first-order chi connectivity index (χ1) is 8.14. The van der Waals surface area contributed by atoms with E-state index in [9.17, 15) is 8.42 Å². The molecule has 0 aliphatic carbocycles. The van der Waals surface area contributed by atoms with E-state index in [0.717, 1.165) is 25.8 Å². The highest BCUT2D eigenvalue weighted by atomic mass is 32.2. The summed E-state index contributed by atoms with van der Waals surface area (Å²) < 4.78 is 26.1. The average Bonchev–Trinajstić information content (AvgIpc) is 2.34. The molecule has 0 spiro atoms. The molecule has 1 aliphatic heterocycles. The van der Waals surface area contributed by atoms with Crippen LogP contribution in [0, 0.1) is 5.92 Å². The lowest BCUT2D eigenvalue weighted by Crippen LogP contribution is -2.35. The van der Waals surface area contributed by atoms with E-state index >= 15 is 0 Å². The Kier molecular flexibility index (Phi) is 7.50. The van der Waals surface area contributed by atoms with Crippen LogP contribution in [-0.4, -0.2) is 45.3 Å². The highest BCUT2D eigenvalue weighted by Gasteiger charge is 2.16. The zero-order valence-corrected chi connectivity index (χ0v) is 12.2. The predicted octanol–water partition coefficient (Wildman–Crippen LogP) is 1.05. The molecule has 1 rings (SSSR count). The minimum absolute atomic E-state index is 0.189. The van der Waals surface area contributed by atoms with Gasteiger partial charge < -0.3 is 5.32 Å². The molecule has 0 unspecified atom stereocenters. The van der Waals surface area contributed by atoms with Crippen molar-refractivity contribution in [2.75, 3.05) is 36.9 Å². The van der Waals surface area contributed by atoms with Crippen LogP contribution in [0.25, 0.3) is 0 Å². The summed E-state index contributed by atoms with van der Waals surface area (Å²) in [5.74, 6) is 3.07. The van der Waals surface area contributed by atoms with E-state index in [1.54, 1.807) is 0 Å². The Labute approximate surface area is 109 Å². The Morgan fingerprint density at radius 2 is 1.94 bits per heavy atom. The lowest BCUT2D eigenvalue weighted by Gasteiger charge is -2.21. The highest BCUT2D eigenvalue weighted by Crippen LogP contribution is 2.21. The topological polar surface area (TPSA) is 58.2 Å². The van der Waals surface area contributed by atoms with Gasteiger partial charge in [-0.3, -0.25) is 0 Å². The van der Waals surface area contributed by atoms with E-state index in [0.29, 0.717) is 19.0 Å². The monoisotopic (exact) mass is 280 g/mol. The third kappa shape index (κ3) is 7.28. The molecule has 1 heterocycles. The van der Waals surface area contributed by atoms with Gasteiger partial charge >= 0.3 is 0 Å². The fourth-order valence-electron chi connectivity index (χ4n) is 1.78. The third-order valence-electron chi connectivity index (χ3n) is 2.91. The van der Waals surface area contributed by atoms with Gasteiger partial charge in [0.1, 0.15) is 0 Å². The van der Waals surface area contributed by atoms with Crippen molar-refractivity contribution in [3.05, 3.63) is 0 Å². The van der Waals surface area contributed by atoms with E-state index in [1.165, 1.54) is 11.5 Å². The second-order valence-electron chi connectivity index (χ2n) is 4.47. The van der Waals surface area contributed by atoms with Crippen molar-refractivity contribution >= 4 is 21.8 Å². The van der Waals surface area contributed by atoms with Crippen molar-refractivity contribution in [1.29, 1.82) is 0 Å². The average molecular weight is 280 g/mol. The van der Waals surface area contributed by atoms with Crippen LogP contribution in [0.3, 0.4) is 0 Å². The Hall–Kier alpha value is 0.220. The summed E-state index contributed by atoms with van der Waals surface area (Å²) in [6.07, 6.45) is 3.32.